The quantitative estimate of drug-likeness (QED) is 0.831. The standard InChI is InChI=1S/C19H25FN4O/c1-13(14-8-10-15(20)11-9-14)21-19(25)24(2)12-18-16-6-4-3-5-7-17(16)22-23-18/h8-11,13H,3-7,12H2,1-2H3,(H,21,25)(H,22,23). The lowest BCUT2D eigenvalue weighted by atomic mass is 10.1. The van der Waals surface area contributed by atoms with Crippen LogP contribution in [0.4, 0.5) is 9.18 Å². The van der Waals surface area contributed by atoms with Gasteiger partial charge in [0.1, 0.15) is 5.82 Å². The molecule has 0 aliphatic heterocycles. The molecule has 6 heteroatoms. The topological polar surface area (TPSA) is 61.0 Å². The van der Waals surface area contributed by atoms with Crippen LogP contribution in [0, 0.1) is 5.82 Å². The van der Waals surface area contributed by atoms with Gasteiger partial charge in [-0.25, -0.2) is 9.18 Å². The van der Waals surface area contributed by atoms with Gasteiger partial charge in [-0.2, -0.15) is 5.10 Å². The Labute approximate surface area is 147 Å². The summed E-state index contributed by atoms with van der Waals surface area (Å²) in [6, 6.07) is 5.83. The van der Waals surface area contributed by atoms with E-state index in [-0.39, 0.29) is 17.9 Å². The number of fused-ring (bicyclic) bond motifs is 1. The summed E-state index contributed by atoms with van der Waals surface area (Å²) >= 11 is 0. The molecule has 25 heavy (non-hydrogen) atoms. The molecule has 134 valence electrons. The van der Waals surface area contributed by atoms with E-state index in [9.17, 15) is 9.18 Å². The summed E-state index contributed by atoms with van der Waals surface area (Å²) in [6.07, 6.45) is 5.69. The number of aromatic nitrogens is 2. The number of nitrogens with zero attached hydrogens (tertiary/aromatic N) is 2. The van der Waals surface area contributed by atoms with Crippen LogP contribution in [0.2, 0.25) is 0 Å². The van der Waals surface area contributed by atoms with E-state index in [1.54, 1.807) is 24.1 Å². The number of amides is 2. The van der Waals surface area contributed by atoms with Gasteiger partial charge in [-0.15, -0.1) is 0 Å². The molecule has 0 spiro atoms. The van der Waals surface area contributed by atoms with Gasteiger partial charge in [-0.1, -0.05) is 18.6 Å². The average molecular weight is 344 g/mol. The molecule has 1 aromatic heterocycles. The summed E-state index contributed by atoms with van der Waals surface area (Å²) in [5.74, 6) is -0.279. The minimum atomic E-state index is -0.279. The number of hydrogen-bond donors (Lipinski definition) is 2. The molecule has 0 radical (unpaired) electrons. The van der Waals surface area contributed by atoms with Crippen LogP contribution in [0.25, 0.3) is 0 Å². The van der Waals surface area contributed by atoms with Crippen LogP contribution in [0.3, 0.4) is 0 Å². The summed E-state index contributed by atoms with van der Waals surface area (Å²) in [5.41, 5.74) is 4.34. The number of halogens is 1. The highest BCUT2D eigenvalue weighted by Gasteiger charge is 2.19. The van der Waals surface area contributed by atoms with Crippen molar-refractivity contribution in [3.63, 3.8) is 0 Å². The summed E-state index contributed by atoms with van der Waals surface area (Å²) < 4.78 is 13.0. The molecule has 2 amide bonds. The van der Waals surface area contributed by atoms with Gasteiger partial charge in [-0.3, -0.25) is 5.10 Å². The molecule has 1 unspecified atom stereocenters. The molecule has 1 aromatic carbocycles. The first kappa shape index (κ1) is 17.5. The smallest absolute Gasteiger partial charge is 0.317 e. The van der Waals surface area contributed by atoms with Crippen LogP contribution in [0.5, 0.6) is 0 Å². The predicted molar refractivity (Wildman–Crippen MR) is 94.7 cm³/mol. The second-order valence-electron chi connectivity index (χ2n) is 6.77. The van der Waals surface area contributed by atoms with E-state index in [1.807, 2.05) is 6.92 Å². The van der Waals surface area contributed by atoms with Crippen molar-refractivity contribution in [3.05, 3.63) is 52.6 Å². The normalized spacial score (nSPS) is 15.2. The molecule has 1 aliphatic rings. The molecule has 1 heterocycles. The first-order valence-corrected chi connectivity index (χ1v) is 8.86. The Morgan fingerprint density at radius 2 is 2.00 bits per heavy atom. The predicted octanol–water partition coefficient (Wildman–Crippen LogP) is 3.72. The van der Waals surface area contributed by atoms with Crippen LogP contribution in [0.1, 0.15) is 54.7 Å². The van der Waals surface area contributed by atoms with Crippen LogP contribution in [-0.4, -0.2) is 28.2 Å². The van der Waals surface area contributed by atoms with Crippen LogP contribution in [0.15, 0.2) is 24.3 Å². The zero-order valence-corrected chi connectivity index (χ0v) is 14.8. The number of benzene rings is 1. The number of rotatable bonds is 4. The summed E-state index contributed by atoms with van der Waals surface area (Å²) in [7, 11) is 1.77. The SMILES string of the molecule is CC(NC(=O)N(C)Cc1n[nH]c2c1CCCCC2)c1ccc(F)cc1. The van der Waals surface area contributed by atoms with E-state index in [1.165, 1.54) is 42.7 Å². The second-order valence-corrected chi connectivity index (χ2v) is 6.77. The number of nitrogens with one attached hydrogen (secondary N) is 2. The van der Waals surface area contributed by atoms with Crippen molar-refractivity contribution in [2.45, 2.75) is 51.6 Å². The van der Waals surface area contributed by atoms with E-state index in [2.05, 4.69) is 15.5 Å². The van der Waals surface area contributed by atoms with Crippen molar-refractivity contribution >= 4 is 6.03 Å². The highest BCUT2D eigenvalue weighted by atomic mass is 19.1. The number of aryl methyl sites for hydroxylation is 1. The maximum absolute atomic E-state index is 13.0. The van der Waals surface area contributed by atoms with Gasteiger partial charge in [0.2, 0.25) is 0 Å². The summed E-state index contributed by atoms with van der Waals surface area (Å²) in [5, 5.41) is 10.5. The van der Waals surface area contributed by atoms with Gasteiger partial charge in [0.15, 0.2) is 0 Å². The Morgan fingerprint density at radius 1 is 1.28 bits per heavy atom. The van der Waals surface area contributed by atoms with Crippen LogP contribution in [-0.2, 0) is 19.4 Å². The van der Waals surface area contributed by atoms with Crippen molar-refractivity contribution in [2.75, 3.05) is 7.05 Å². The molecular weight excluding hydrogens is 319 g/mol. The highest BCUT2D eigenvalue weighted by Crippen LogP contribution is 2.22. The third kappa shape index (κ3) is 4.18. The molecule has 1 atom stereocenters. The second kappa shape index (κ2) is 7.68. The Morgan fingerprint density at radius 3 is 2.76 bits per heavy atom. The largest absolute Gasteiger partial charge is 0.331 e. The van der Waals surface area contributed by atoms with Crippen molar-refractivity contribution in [1.29, 1.82) is 0 Å². The zero-order chi connectivity index (χ0) is 17.8. The van der Waals surface area contributed by atoms with Gasteiger partial charge in [0.25, 0.3) is 0 Å². The fraction of sp³-hybridized carbons (Fsp3) is 0.474. The molecule has 2 N–H and O–H groups in total. The summed E-state index contributed by atoms with van der Waals surface area (Å²) in [4.78, 5) is 14.1. The fourth-order valence-corrected chi connectivity index (χ4v) is 3.28. The number of aromatic amines is 1. The number of urea groups is 1. The maximum Gasteiger partial charge on any atom is 0.317 e. The Bertz CT molecular complexity index is 726. The van der Waals surface area contributed by atoms with Crippen molar-refractivity contribution < 1.29 is 9.18 Å². The third-order valence-corrected chi connectivity index (χ3v) is 4.84. The van der Waals surface area contributed by atoms with E-state index in [0.29, 0.717) is 6.54 Å². The Balaban J connectivity index is 1.61. The Kier molecular flexibility index (Phi) is 5.36. The average Bonchev–Trinajstić information content (AvgIpc) is 2.82. The molecule has 3 rings (SSSR count). The van der Waals surface area contributed by atoms with E-state index in [4.69, 9.17) is 0 Å². The lowest BCUT2D eigenvalue weighted by Gasteiger charge is -2.21. The molecule has 0 bridgehead atoms. The zero-order valence-electron chi connectivity index (χ0n) is 14.8. The van der Waals surface area contributed by atoms with Crippen LogP contribution >= 0.6 is 0 Å². The first-order chi connectivity index (χ1) is 12.0. The minimum Gasteiger partial charge on any atom is -0.331 e. The van der Waals surface area contributed by atoms with Crippen molar-refractivity contribution in [2.24, 2.45) is 0 Å². The molecule has 0 saturated carbocycles. The number of carbonyl (C=O) groups is 1. The third-order valence-electron chi connectivity index (χ3n) is 4.84. The maximum atomic E-state index is 13.0. The molecule has 0 saturated heterocycles. The van der Waals surface area contributed by atoms with Gasteiger partial charge in [0.05, 0.1) is 18.3 Å². The van der Waals surface area contributed by atoms with Crippen molar-refractivity contribution in [3.8, 4) is 0 Å². The van der Waals surface area contributed by atoms with Gasteiger partial charge < -0.3 is 10.2 Å². The van der Waals surface area contributed by atoms with E-state index in [0.717, 1.165) is 24.1 Å². The lowest BCUT2D eigenvalue weighted by molar-refractivity contribution is 0.203. The molecular formula is C19H25FN4O. The van der Waals surface area contributed by atoms with E-state index >= 15 is 0 Å². The summed E-state index contributed by atoms with van der Waals surface area (Å²) in [6.45, 7) is 2.37. The van der Waals surface area contributed by atoms with Gasteiger partial charge in [-0.05, 0) is 55.9 Å². The van der Waals surface area contributed by atoms with E-state index < -0.39 is 0 Å². The van der Waals surface area contributed by atoms with Gasteiger partial charge in [0, 0.05) is 12.7 Å². The highest BCUT2D eigenvalue weighted by molar-refractivity contribution is 5.74. The number of hydrogen-bond acceptors (Lipinski definition) is 2. The van der Waals surface area contributed by atoms with Crippen LogP contribution < -0.4 is 5.32 Å². The lowest BCUT2D eigenvalue weighted by Crippen LogP contribution is -2.38. The van der Waals surface area contributed by atoms with Crippen molar-refractivity contribution in [1.82, 2.24) is 20.4 Å². The molecule has 0 fully saturated rings. The molecule has 1 aliphatic carbocycles. The molecule has 5 nitrogen and oxygen atoms in total. The minimum absolute atomic E-state index is 0.165. The van der Waals surface area contributed by atoms with Gasteiger partial charge >= 0.3 is 6.03 Å². The Hall–Kier alpha value is -2.37. The first-order valence-electron chi connectivity index (χ1n) is 8.86. The number of carbonyl (C=O) groups excluding carboxylic acids is 1. The molecule has 2 aromatic rings. The monoisotopic (exact) mass is 344 g/mol. The number of H-pyrrole nitrogens is 1. The fourth-order valence-electron chi connectivity index (χ4n) is 3.28.